The summed E-state index contributed by atoms with van der Waals surface area (Å²) in [5.41, 5.74) is 0. The van der Waals surface area contributed by atoms with Crippen molar-refractivity contribution in [1.82, 2.24) is 4.90 Å². The van der Waals surface area contributed by atoms with Gasteiger partial charge in [0.15, 0.2) is 0 Å². The SMILES string of the molecule is CCN(C(=O)CCCOC)C(C)CC(=O)O. The second-order valence-corrected chi connectivity index (χ2v) is 3.72. The number of methoxy groups -OCH3 is 1. The molecule has 0 aromatic rings. The molecule has 1 unspecified atom stereocenters. The lowest BCUT2D eigenvalue weighted by Crippen LogP contribution is -2.39. The predicted molar refractivity (Wildman–Crippen MR) is 60.2 cm³/mol. The molecule has 1 N–H and O–H groups in total. The topological polar surface area (TPSA) is 66.8 Å². The van der Waals surface area contributed by atoms with Crippen molar-refractivity contribution in [3.8, 4) is 0 Å². The van der Waals surface area contributed by atoms with Gasteiger partial charge in [0.1, 0.15) is 0 Å². The number of carbonyl (C=O) groups is 2. The van der Waals surface area contributed by atoms with Crippen molar-refractivity contribution in [2.75, 3.05) is 20.3 Å². The lowest BCUT2D eigenvalue weighted by Gasteiger charge is -2.27. The van der Waals surface area contributed by atoms with E-state index < -0.39 is 5.97 Å². The zero-order chi connectivity index (χ0) is 12.6. The van der Waals surface area contributed by atoms with Gasteiger partial charge in [-0.05, 0) is 20.3 Å². The molecular weight excluding hydrogens is 210 g/mol. The Morgan fingerprint density at radius 2 is 2.06 bits per heavy atom. The van der Waals surface area contributed by atoms with E-state index in [2.05, 4.69) is 0 Å². The quantitative estimate of drug-likeness (QED) is 0.636. The van der Waals surface area contributed by atoms with E-state index in [-0.39, 0.29) is 18.4 Å². The van der Waals surface area contributed by atoms with Gasteiger partial charge >= 0.3 is 5.97 Å². The maximum atomic E-state index is 11.7. The number of carboxylic acid groups (broad SMARTS) is 1. The third kappa shape index (κ3) is 5.70. The standard InChI is InChI=1S/C11H21NO4/c1-4-12(9(2)8-11(14)15)10(13)6-5-7-16-3/h9H,4-8H2,1-3H3,(H,14,15). The fourth-order valence-corrected chi connectivity index (χ4v) is 1.61. The zero-order valence-electron chi connectivity index (χ0n) is 10.2. The summed E-state index contributed by atoms with van der Waals surface area (Å²) in [6.45, 7) is 4.70. The lowest BCUT2D eigenvalue weighted by atomic mass is 10.1. The first-order valence-corrected chi connectivity index (χ1v) is 5.53. The minimum atomic E-state index is -0.879. The van der Waals surface area contributed by atoms with Crippen LogP contribution in [0.15, 0.2) is 0 Å². The Hall–Kier alpha value is -1.10. The van der Waals surface area contributed by atoms with Crippen LogP contribution in [0.2, 0.25) is 0 Å². The fourth-order valence-electron chi connectivity index (χ4n) is 1.61. The molecule has 1 atom stereocenters. The first kappa shape index (κ1) is 14.9. The van der Waals surface area contributed by atoms with Crippen LogP contribution < -0.4 is 0 Å². The van der Waals surface area contributed by atoms with Gasteiger partial charge in [-0.1, -0.05) is 0 Å². The molecule has 0 rings (SSSR count). The maximum absolute atomic E-state index is 11.7. The second kappa shape index (κ2) is 8.10. The van der Waals surface area contributed by atoms with Crippen molar-refractivity contribution >= 4 is 11.9 Å². The van der Waals surface area contributed by atoms with Crippen LogP contribution in [0.4, 0.5) is 0 Å². The van der Waals surface area contributed by atoms with E-state index in [1.807, 2.05) is 6.92 Å². The lowest BCUT2D eigenvalue weighted by molar-refractivity contribution is -0.140. The van der Waals surface area contributed by atoms with Crippen LogP contribution in [-0.4, -0.2) is 48.2 Å². The van der Waals surface area contributed by atoms with Gasteiger partial charge in [0.2, 0.25) is 5.91 Å². The smallest absolute Gasteiger partial charge is 0.305 e. The summed E-state index contributed by atoms with van der Waals surface area (Å²) in [5, 5.41) is 8.67. The molecule has 0 heterocycles. The number of carboxylic acids is 1. The molecule has 1 amide bonds. The van der Waals surface area contributed by atoms with Crippen LogP contribution in [0.5, 0.6) is 0 Å². The number of amides is 1. The molecule has 0 aromatic carbocycles. The molecule has 0 radical (unpaired) electrons. The second-order valence-electron chi connectivity index (χ2n) is 3.72. The van der Waals surface area contributed by atoms with Crippen LogP contribution in [0.25, 0.3) is 0 Å². The largest absolute Gasteiger partial charge is 0.481 e. The predicted octanol–water partition coefficient (Wildman–Crippen LogP) is 1.12. The molecule has 5 heteroatoms. The van der Waals surface area contributed by atoms with Gasteiger partial charge in [-0.2, -0.15) is 0 Å². The van der Waals surface area contributed by atoms with Gasteiger partial charge in [0.25, 0.3) is 0 Å². The highest BCUT2D eigenvalue weighted by molar-refractivity contribution is 5.77. The summed E-state index contributed by atoms with van der Waals surface area (Å²) < 4.78 is 4.87. The number of aliphatic carboxylic acids is 1. The molecule has 16 heavy (non-hydrogen) atoms. The first-order chi connectivity index (χ1) is 7.52. The molecule has 0 aliphatic rings. The Kier molecular flexibility index (Phi) is 7.54. The van der Waals surface area contributed by atoms with E-state index in [0.717, 1.165) is 0 Å². The minimum absolute atomic E-state index is 0.00620. The van der Waals surface area contributed by atoms with Gasteiger partial charge in [-0.15, -0.1) is 0 Å². The third-order valence-electron chi connectivity index (χ3n) is 2.40. The van der Waals surface area contributed by atoms with Crippen LogP contribution >= 0.6 is 0 Å². The Bertz CT molecular complexity index is 230. The number of hydrogen-bond donors (Lipinski definition) is 1. The summed E-state index contributed by atoms with van der Waals surface area (Å²) >= 11 is 0. The summed E-state index contributed by atoms with van der Waals surface area (Å²) in [6.07, 6.45) is 1.07. The minimum Gasteiger partial charge on any atom is -0.481 e. The molecule has 0 saturated heterocycles. The van der Waals surface area contributed by atoms with E-state index in [1.165, 1.54) is 0 Å². The average molecular weight is 231 g/mol. The van der Waals surface area contributed by atoms with E-state index in [0.29, 0.717) is 26.0 Å². The van der Waals surface area contributed by atoms with Crippen LogP contribution in [-0.2, 0) is 14.3 Å². The number of nitrogens with zero attached hydrogens (tertiary/aromatic N) is 1. The highest BCUT2D eigenvalue weighted by Crippen LogP contribution is 2.07. The van der Waals surface area contributed by atoms with Crippen LogP contribution in [0.3, 0.4) is 0 Å². The molecule has 0 fully saturated rings. The van der Waals surface area contributed by atoms with Crippen molar-refractivity contribution in [3.05, 3.63) is 0 Å². The van der Waals surface area contributed by atoms with Gasteiger partial charge in [-0.25, -0.2) is 0 Å². The van der Waals surface area contributed by atoms with Crippen molar-refractivity contribution in [3.63, 3.8) is 0 Å². The Morgan fingerprint density at radius 1 is 1.44 bits per heavy atom. The summed E-state index contributed by atoms with van der Waals surface area (Å²) in [4.78, 5) is 23.9. The summed E-state index contributed by atoms with van der Waals surface area (Å²) in [5.74, 6) is -0.885. The number of ether oxygens (including phenoxy) is 1. The van der Waals surface area contributed by atoms with Gasteiger partial charge in [-0.3, -0.25) is 9.59 Å². The van der Waals surface area contributed by atoms with E-state index in [1.54, 1.807) is 18.9 Å². The monoisotopic (exact) mass is 231 g/mol. The van der Waals surface area contributed by atoms with Crippen LogP contribution in [0, 0.1) is 0 Å². The normalized spacial score (nSPS) is 12.2. The van der Waals surface area contributed by atoms with Crippen molar-refractivity contribution in [2.45, 2.75) is 39.2 Å². The maximum Gasteiger partial charge on any atom is 0.305 e. The molecule has 0 aliphatic carbocycles. The molecule has 0 saturated carbocycles. The zero-order valence-corrected chi connectivity index (χ0v) is 10.2. The molecule has 0 spiro atoms. The Morgan fingerprint density at radius 3 is 2.50 bits per heavy atom. The molecule has 5 nitrogen and oxygen atoms in total. The van der Waals surface area contributed by atoms with Crippen LogP contribution in [0.1, 0.15) is 33.1 Å². The molecule has 94 valence electrons. The Balaban J connectivity index is 4.14. The fraction of sp³-hybridized carbons (Fsp3) is 0.818. The van der Waals surface area contributed by atoms with E-state index in [9.17, 15) is 9.59 Å². The Labute approximate surface area is 96.4 Å². The molecule has 0 bridgehead atoms. The van der Waals surface area contributed by atoms with E-state index in [4.69, 9.17) is 9.84 Å². The van der Waals surface area contributed by atoms with Gasteiger partial charge in [0, 0.05) is 32.7 Å². The highest BCUT2D eigenvalue weighted by atomic mass is 16.5. The highest BCUT2D eigenvalue weighted by Gasteiger charge is 2.19. The first-order valence-electron chi connectivity index (χ1n) is 5.53. The van der Waals surface area contributed by atoms with Gasteiger partial charge in [0.05, 0.1) is 6.42 Å². The molecular formula is C11H21NO4. The van der Waals surface area contributed by atoms with Gasteiger partial charge < -0.3 is 14.7 Å². The third-order valence-corrected chi connectivity index (χ3v) is 2.40. The number of hydrogen-bond acceptors (Lipinski definition) is 3. The average Bonchev–Trinajstić information content (AvgIpc) is 2.18. The van der Waals surface area contributed by atoms with Crippen molar-refractivity contribution in [2.24, 2.45) is 0 Å². The summed E-state index contributed by atoms with van der Waals surface area (Å²) in [6, 6.07) is -0.252. The number of rotatable bonds is 8. The van der Waals surface area contributed by atoms with E-state index >= 15 is 0 Å². The number of carbonyl (C=O) groups excluding carboxylic acids is 1. The molecule has 0 aliphatic heterocycles. The van der Waals surface area contributed by atoms with Crippen molar-refractivity contribution < 1.29 is 19.4 Å². The summed E-state index contributed by atoms with van der Waals surface area (Å²) in [7, 11) is 1.59. The molecule has 0 aromatic heterocycles. The van der Waals surface area contributed by atoms with Crippen molar-refractivity contribution in [1.29, 1.82) is 0 Å².